The molecule has 1 unspecified atom stereocenters. The second kappa shape index (κ2) is 9.23. The van der Waals surface area contributed by atoms with Crippen molar-refractivity contribution in [3.05, 3.63) is 35.9 Å². The lowest BCUT2D eigenvalue weighted by molar-refractivity contribution is 0.0459. The van der Waals surface area contributed by atoms with E-state index in [9.17, 15) is 0 Å². The average Bonchev–Trinajstić information content (AvgIpc) is 2.37. The summed E-state index contributed by atoms with van der Waals surface area (Å²) < 4.78 is 5.83. The zero-order chi connectivity index (χ0) is 12.3. The molecule has 1 rings (SSSR count). The van der Waals surface area contributed by atoms with Gasteiger partial charge in [0.1, 0.15) is 0 Å². The lowest BCUT2D eigenvalue weighted by Crippen LogP contribution is -2.07. The quantitative estimate of drug-likeness (QED) is 0.549. The Bertz CT molecular complexity index is 268. The van der Waals surface area contributed by atoms with E-state index in [1.807, 2.05) is 6.07 Å². The molecule has 96 valence electrons. The maximum Gasteiger partial charge on any atom is 0.0720 e. The summed E-state index contributed by atoms with van der Waals surface area (Å²) in [6.45, 7) is 5.19. The van der Waals surface area contributed by atoms with Crippen LogP contribution >= 0.6 is 0 Å². The van der Waals surface area contributed by atoms with Crippen LogP contribution in [0.1, 0.15) is 57.9 Å². The number of hydrogen-bond donors (Lipinski definition) is 0. The number of unbranched alkanes of at least 4 members (excludes halogenated alkanes) is 4. The monoisotopic (exact) mass is 234 g/mol. The van der Waals surface area contributed by atoms with E-state index in [1.165, 1.54) is 44.1 Å². The van der Waals surface area contributed by atoms with E-state index >= 15 is 0 Å². The summed E-state index contributed by atoms with van der Waals surface area (Å²) in [5.74, 6) is 0. The molecule has 0 aliphatic heterocycles. The standard InChI is InChI=1S/C16H26O/c1-3-4-5-6-8-11-15(2)17-14-16-12-9-7-10-13-16/h7,9-10,12-13,15H,3-6,8,11,14H2,1-2H3. The van der Waals surface area contributed by atoms with Crippen LogP contribution in [0.5, 0.6) is 0 Å². The number of benzene rings is 1. The molecule has 0 fully saturated rings. The lowest BCUT2D eigenvalue weighted by Gasteiger charge is -2.12. The molecule has 0 bridgehead atoms. The van der Waals surface area contributed by atoms with E-state index in [4.69, 9.17) is 4.74 Å². The minimum atomic E-state index is 0.386. The van der Waals surface area contributed by atoms with Crippen LogP contribution in [0.4, 0.5) is 0 Å². The topological polar surface area (TPSA) is 9.23 Å². The third-order valence-electron chi connectivity index (χ3n) is 3.09. The summed E-state index contributed by atoms with van der Waals surface area (Å²) in [4.78, 5) is 0. The van der Waals surface area contributed by atoms with E-state index in [0.717, 1.165) is 6.61 Å². The molecule has 0 spiro atoms. The molecule has 17 heavy (non-hydrogen) atoms. The Kier molecular flexibility index (Phi) is 7.74. The van der Waals surface area contributed by atoms with Crippen molar-refractivity contribution in [1.29, 1.82) is 0 Å². The normalized spacial score (nSPS) is 12.6. The summed E-state index contributed by atoms with van der Waals surface area (Å²) in [7, 11) is 0. The summed E-state index contributed by atoms with van der Waals surface area (Å²) >= 11 is 0. The van der Waals surface area contributed by atoms with Crippen molar-refractivity contribution in [3.63, 3.8) is 0 Å². The Morgan fingerprint density at radius 1 is 1.00 bits per heavy atom. The summed E-state index contributed by atoms with van der Waals surface area (Å²) in [5, 5.41) is 0. The molecule has 0 saturated heterocycles. The summed E-state index contributed by atoms with van der Waals surface area (Å²) in [6, 6.07) is 10.4. The van der Waals surface area contributed by atoms with E-state index < -0.39 is 0 Å². The predicted molar refractivity (Wildman–Crippen MR) is 74.1 cm³/mol. The molecule has 0 aliphatic rings. The number of ether oxygens (including phenoxy) is 1. The molecule has 0 radical (unpaired) electrons. The molecule has 0 heterocycles. The van der Waals surface area contributed by atoms with Crippen LogP contribution < -0.4 is 0 Å². The highest BCUT2D eigenvalue weighted by Crippen LogP contribution is 2.11. The van der Waals surface area contributed by atoms with Gasteiger partial charge in [0.05, 0.1) is 12.7 Å². The Morgan fingerprint density at radius 2 is 1.71 bits per heavy atom. The SMILES string of the molecule is CCCCCCCC(C)OCc1ccccc1. The highest BCUT2D eigenvalue weighted by Gasteiger charge is 2.02. The fourth-order valence-electron chi connectivity index (χ4n) is 1.93. The van der Waals surface area contributed by atoms with Crippen LogP contribution in [-0.4, -0.2) is 6.10 Å². The minimum Gasteiger partial charge on any atom is -0.374 e. The van der Waals surface area contributed by atoms with Crippen molar-refractivity contribution in [2.24, 2.45) is 0 Å². The molecule has 1 heteroatoms. The molecule has 0 aliphatic carbocycles. The van der Waals surface area contributed by atoms with Crippen LogP contribution in [0.3, 0.4) is 0 Å². The maximum atomic E-state index is 5.83. The first kappa shape index (κ1) is 14.2. The Labute approximate surface area is 106 Å². The first-order valence-corrected chi connectivity index (χ1v) is 6.98. The van der Waals surface area contributed by atoms with Crippen LogP contribution in [0.2, 0.25) is 0 Å². The van der Waals surface area contributed by atoms with Gasteiger partial charge in [-0.1, -0.05) is 69.4 Å². The van der Waals surface area contributed by atoms with Crippen molar-refractivity contribution in [1.82, 2.24) is 0 Å². The fourth-order valence-corrected chi connectivity index (χ4v) is 1.93. The van der Waals surface area contributed by atoms with Gasteiger partial charge in [-0.15, -0.1) is 0 Å². The highest BCUT2D eigenvalue weighted by molar-refractivity contribution is 5.13. The molecular formula is C16H26O. The Balaban J connectivity index is 2.03. The molecule has 0 amide bonds. The number of rotatable bonds is 9. The van der Waals surface area contributed by atoms with Crippen molar-refractivity contribution < 1.29 is 4.74 Å². The highest BCUT2D eigenvalue weighted by atomic mass is 16.5. The van der Waals surface area contributed by atoms with Crippen molar-refractivity contribution >= 4 is 0 Å². The van der Waals surface area contributed by atoms with Gasteiger partial charge in [0.25, 0.3) is 0 Å². The average molecular weight is 234 g/mol. The van der Waals surface area contributed by atoms with Gasteiger partial charge in [-0.05, 0) is 18.9 Å². The van der Waals surface area contributed by atoms with Crippen molar-refractivity contribution in [3.8, 4) is 0 Å². The predicted octanol–water partition coefficient (Wildman–Crippen LogP) is 4.95. The van der Waals surface area contributed by atoms with Gasteiger partial charge in [-0.3, -0.25) is 0 Å². The molecule has 1 atom stereocenters. The Hall–Kier alpha value is -0.820. The van der Waals surface area contributed by atoms with Crippen molar-refractivity contribution in [2.75, 3.05) is 0 Å². The second-order valence-electron chi connectivity index (χ2n) is 4.81. The molecule has 1 aromatic rings. The zero-order valence-electron chi connectivity index (χ0n) is 11.3. The first-order valence-electron chi connectivity index (χ1n) is 6.98. The molecule has 0 saturated carbocycles. The van der Waals surface area contributed by atoms with Gasteiger partial charge in [0, 0.05) is 0 Å². The van der Waals surface area contributed by atoms with E-state index in [1.54, 1.807) is 0 Å². The minimum absolute atomic E-state index is 0.386. The largest absolute Gasteiger partial charge is 0.374 e. The molecular weight excluding hydrogens is 208 g/mol. The lowest BCUT2D eigenvalue weighted by atomic mass is 10.1. The van der Waals surface area contributed by atoms with Gasteiger partial charge in [0.15, 0.2) is 0 Å². The molecule has 1 aromatic carbocycles. The van der Waals surface area contributed by atoms with E-state index in [0.29, 0.717) is 6.10 Å². The van der Waals surface area contributed by atoms with Gasteiger partial charge in [0.2, 0.25) is 0 Å². The fraction of sp³-hybridized carbons (Fsp3) is 0.625. The van der Waals surface area contributed by atoms with Gasteiger partial charge < -0.3 is 4.74 Å². The smallest absolute Gasteiger partial charge is 0.0720 e. The van der Waals surface area contributed by atoms with Gasteiger partial charge >= 0.3 is 0 Å². The third-order valence-corrected chi connectivity index (χ3v) is 3.09. The van der Waals surface area contributed by atoms with Gasteiger partial charge in [-0.25, -0.2) is 0 Å². The molecule has 0 N–H and O–H groups in total. The first-order chi connectivity index (χ1) is 8.33. The Morgan fingerprint density at radius 3 is 2.41 bits per heavy atom. The summed E-state index contributed by atoms with van der Waals surface area (Å²) in [6.07, 6.45) is 8.30. The van der Waals surface area contributed by atoms with Crippen LogP contribution in [-0.2, 0) is 11.3 Å². The van der Waals surface area contributed by atoms with Gasteiger partial charge in [-0.2, -0.15) is 0 Å². The summed E-state index contributed by atoms with van der Waals surface area (Å²) in [5.41, 5.74) is 1.27. The second-order valence-corrected chi connectivity index (χ2v) is 4.81. The zero-order valence-corrected chi connectivity index (χ0v) is 11.3. The maximum absolute atomic E-state index is 5.83. The van der Waals surface area contributed by atoms with Crippen molar-refractivity contribution in [2.45, 2.75) is 65.1 Å². The number of hydrogen-bond acceptors (Lipinski definition) is 1. The molecule has 1 nitrogen and oxygen atoms in total. The van der Waals surface area contributed by atoms with E-state index in [2.05, 4.69) is 38.1 Å². The van der Waals surface area contributed by atoms with Crippen LogP contribution in [0.25, 0.3) is 0 Å². The molecule has 0 aromatic heterocycles. The third kappa shape index (κ3) is 7.17. The van der Waals surface area contributed by atoms with Crippen LogP contribution in [0, 0.1) is 0 Å². The van der Waals surface area contributed by atoms with E-state index in [-0.39, 0.29) is 0 Å². The van der Waals surface area contributed by atoms with Crippen LogP contribution in [0.15, 0.2) is 30.3 Å².